The second-order valence-corrected chi connectivity index (χ2v) is 4.68. The summed E-state index contributed by atoms with van der Waals surface area (Å²) in [5, 5.41) is 7.16. The molecule has 0 aromatic heterocycles. The van der Waals surface area contributed by atoms with E-state index >= 15 is 0 Å². The lowest BCUT2D eigenvalue weighted by Crippen LogP contribution is -2.12. The Morgan fingerprint density at radius 3 is 2.11 bits per heavy atom. The van der Waals surface area contributed by atoms with Gasteiger partial charge in [0.25, 0.3) is 0 Å². The summed E-state index contributed by atoms with van der Waals surface area (Å²) in [5.41, 5.74) is 5.24. The van der Waals surface area contributed by atoms with E-state index in [2.05, 4.69) is 0 Å². The van der Waals surface area contributed by atoms with Gasteiger partial charge in [-0.25, -0.2) is 8.78 Å². The summed E-state index contributed by atoms with van der Waals surface area (Å²) >= 11 is 1.000. The van der Waals surface area contributed by atoms with Gasteiger partial charge < -0.3 is 5.73 Å². The molecular weight excluding hydrogens is 254 g/mol. The summed E-state index contributed by atoms with van der Waals surface area (Å²) in [7, 11) is 0. The predicted molar refractivity (Wildman–Crippen MR) is 67.9 cm³/mol. The number of hydrogen-bond donors (Lipinski definition) is 2. The topological polar surface area (TPSA) is 49.9 Å². The van der Waals surface area contributed by atoms with Gasteiger partial charge in [0.1, 0.15) is 17.5 Å². The van der Waals surface area contributed by atoms with Crippen LogP contribution < -0.4 is 5.73 Å². The van der Waals surface area contributed by atoms with E-state index in [1.165, 1.54) is 0 Å². The molecule has 0 aliphatic rings. The molecular formula is C13H10F2N2S. The number of halogens is 2. The molecule has 92 valence electrons. The molecule has 0 aliphatic carbocycles. The van der Waals surface area contributed by atoms with Gasteiger partial charge in [-0.15, -0.1) is 0 Å². The van der Waals surface area contributed by atoms with E-state index in [-0.39, 0.29) is 16.3 Å². The van der Waals surface area contributed by atoms with Gasteiger partial charge in [0.15, 0.2) is 0 Å². The molecule has 3 N–H and O–H groups in total. The minimum absolute atomic E-state index is 0.0439. The van der Waals surface area contributed by atoms with E-state index in [0.717, 1.165) is 28.8 Å². The van der Waals surface area contributed by atoms with Crippen LogP contribution in [0, 0.1) is 17.0 Å². The molecule has 0 radical (unpaired) electrons. The average Bonchev–Trinajstić information content (AvgIpc) is 2.34. The molecule has 2 aromatic rings. The van der Waals surface area contributed by atoms with E-state index < -0.39 is 11.6 Å². The quantitative estimate of drug-likeness (QED) is 0.659. The second kappa shape index (κ2) is 5.18. The zero-order valence-electron chi connectivity index (χ0n) is 9.28. The zero-order valence-corrected chi connectivity index (χ0v) is 10.1. The largest absolute Gasteiger partial charge is 0.384 e. The molecule has 2 rings (SSSR count). The lowest BCUT2D eigenvalue weighted by atomic mass is 10.2. The Morgan fingerprint density at radius 1 is 1.06 bits per heavy atom. The van der Waals surface area contributed by atoms with E-state index in [4.69, 9.17) is 11.1 Å². The molecule has 0 atom stereocenters. The lowest BCUT2D eigenvalue weighted by Gasteiger charge is -2.07. The molecule has 18 heavy (non-hydrogen) atoms. The van der Waals surface area contributed by atoms with Crippen LogP contribution in [0.5, 0.6) is 0 Å². The third kappa shape index (κ3) is 2.68. The molecule has 0 heterocycles. The van der Waals surface area contributed by atoms with Crippen molar-refractivity contribution < 1.29 is 8.78 Å². The normalized spacial score (nSPS) is 10.3. The first-order valence-corrected chi connectivity index (χ1v) is 5.96. The Kier molecular flexibility index (Phi) is 3.62. The summed E-state index contributed by atoms with van der Waals surface area (Å²) in [6.07, 6.45) is 0. The highest BCUT2D eigenvalue weighted by Crippen LogP contribution is 2.32. The molecule has 0 aliphatic heterocycles. The first-order valence-electron chi connectivity index (χ1n) is 5.14. The molecule has 5 heteroatoms. The van der Waals surface area contributed by atoms with Crippen molar-refractivity contribution in [1.29, 1.82) is 5.41 Å². The molecule has 0 unspecified atom stereocenters. The zero-order chi connectivity index (χ0) is 13.1. The Labute approximate surface area is 107 Å². The first-order chi connectivity index (χ1) is 8.58. The first kappa shape index (κ1) is 12.6. The highest BCUT2D eigenvalue weighted by atomic mass is 32.2. The fourth-order valence-corrected chi connectivity index (χ4v) is 2.26. The van der Waals surface area contributed by atoms with Gasteiger partial charge in [-0.1, -0.05) is 30.0 Å². The van der Waals surface area contributed by atoms with Crippen LogP contribution in [-0.4, -0.2) is 5.84 Å². The minimum Gasteiger partial charge on any atom is -0.384 e. The molecule has 0 spiro atoms. The minimum atomic E-state index is -0.714. The molecule has 2 aromatic carbocycles. The van der Waals surface area contributed by atoms with E-state index in [0.29, 0.717) is 0 Å². The Bertz CT molecular complexity index is 562. The van der Waals surface area contributed by atoms with Crippen LogP contribution in [0.3, 0.4) is 0 Å². The standard InChI is InChI=1S/C13H10F2N2S/c14-10-6-8(13(16)17)7-11(15)12(10)18-9-4-2-1-3-5-9/h1-7H,(H3,16,17). The molecule has 0 saturated heterocycles. The van der Waals surface area contributed by atoms with Crippen LogP contribution in [0.4, 0.5) is 8.78 Å². The molecule has 0 bridgehead atoms. The van der Waals surface area contributed by atoms with Crippen LogP contribution in [0.2, 0.25) is 0 Å². The number of benzene rings is 2. The van der Waals surface area contributed by atoms with Gasteiger partial charge in [0.05, 0.1) is 4.90 Å². The van der Waals surface area contributed by atoms with Crippen LogP contribution in [0.1, 0.15) is 5.56 Å². The maximum Gasteiger partial charge on any atom is 0.140 e. The van der Waals surface area contributed by atoms with Gasteiger partial charge in [-0.2, -0.15) is 0 Å². The van der Waals surface area contributed by atoms with Crippen molar-refractivity contribution in [2.45, 2.75) is 9.79 Å². The van der Waals surface area contributed by atoms with Crippen molar-refractivity contribution in [3.05, 3.63) is 59.7 Å². The van der Waals surface area contributed by atoms with Crippen LogP contribution in [0.25, 0.3) is 0 Å². The van der Waals surface area contributed by atoms with Crippen molar-refractivity contribution in [2.24, 2.45) is 5.73 Å². The lowest BCUT2D eigenvalue weighted by molar-refractivity contribution is 0.540. The fourth-order valence-electron chi connectivity index (χ4n) is 1.42. The van der Waals surface area contributed by atoms with Crippen molar-refractivity contribution in [3.63, 3.8) is 0 Å². The third-order valence-corrected chi connectivity index (χ3v) is 3.37. The highest BCUT2D eigenvalue weighted by molar-refractivity contribution is 7.99. The number of nitrogens with one attached hydrogen (secondary N) is 1. The number of rotatable bonds is 3. The van der Waals surface area contributed by atoms with Crippen molar-refractivity contribution in [3.8, 4) is 0 Å². The maximum absolute atomic E-state index is 13.7. The molecule has 2 nitrogen and oxygen atoms in total. The molecule has 0 saturated carbocycles. The van der Waals surface area contributed by atoms with Crippen LogP contribution in [-0.2, 0) is 0 Å². The van der Waals surface area contributed by atoms with Gasteiger partial charge in [-0.05, 0) is 24.3 Å². The second-order valence-electron chi connectivity index (χ2n) is 3.60. The molecule has 0 amide bonds. The van der Waals surface area contributed by atoms with Crippen molar-refractivity contribution in [2.75, 3.05) is 0 Å². The van der Waals surface area contributed by atoms with E-state index in [1.807, 2.05) is 6.07 Å². The fraction of sp³-hybridized carbons (Fsp3) is 0. The summed E-state index contributed by atoms with van der Waals surface area (Å²) in [4.78, 5) is 0.650. The number of hydrogen-bond acceptors (Lipinski definition) is 2. The van der Waals surface area contributed by atoms with Crippen LogP contribution in [0.15, 0.2) is 52.3 Å². The van der Waals surface area contributed by atoms with Gasteiger partial charge in [0, 0.05) is 10.5 Å². The Hall–Kier alpha value is -1.88. The number of amidine groups is 1. The van der Waals surface area contributed by atoms with Crippen LogP contribution >= 0.6 is 11.8 Å². The van der Waals surface area contributed by atoms with Gasteiger partial charge in [0.2, 0.25) is 0 Å². The Morgan fingerprint density at radius 2 is 1.61 bits per heavy atom. The average molecular weight is 264 g/mol. The maximum atomic E-state index is 13.7. The SMILES string of the molecule is N=C(N)c1cc(F)c(Sc2ccccc2)c(F)c1. The van der Waals surface area contributed by atoms with Crippen molar-refractivity contribution in [1.82, 2.24) is 0 Å². The summed E-state index contributed by atoms with van der Waals surface area (Å²) in [6.45, 7) is 0. The predicted octanol–water partition coefficient (Wildman–Crippen LogP) is 3.40. The monoisotopic (exact) mass is 264 g/mol. The highest BCUT2D eigenvalue weighted by Gasteiger charge is 2.13. The van der Waals surface area contributed by atoms with Gasteiger partial charge >= 0.3 is 0 Å². The van der Waals surface area contributed by atoms with E-state index in [9.17, 15) is 8.78 Å². The van der Waals surface area contributed by atoms with Crippen molar-refractivity contribution >= 4 is 17.6 Å². The van der Waals surface area contributed by atoms with E-state index in [1.54, 1.807) is 24.3 Å². The number of nitrogen functional groups attached to an aromatic ring is 1. The number of nitrogens with two attached hydrogens (primary N) is 1. The van der Waals surface area contributed by atoms with Gasteiger partial charge in [-0.3, -0.25) is 5.41 Å². The summed E-state index contributed by atoms with van der Waals surface area (Å²) < 4.78 is 27.5. The Balaban J connectivity index is 2.37. The summed E-state index contributed by atoms with van der Waals surface area (Å²) in [5.74, 6) is -1.79. The third-order valence-electron chi connectivity index (χ3n) is 2.27. The smallest absolute Gasteiger partial charge is 0.140 e. The molecule has 0 fully saturated rings. The summed E-state index contributed by atoms with van der Waals surface area (Å²) in [6, 6.07) is 11.1.